The van der Waals surface area contributed by atoms with Crippen molar-refractivity contribution in [1.82, 2.24) is 10.6 Å². The number of amides is 1. The maximum absolute atomic E-state index is 11.8. The van der Waals surface area contributed by atoms with Gasteiger partial charge < -0.3 is 20.5 Å². The molecule has 0 aromatic carbocycles. The fraction of sp³-hybridized carbons (Fsp3) is 0.933. The number of hydrogen-bond acceptors (Lipinski definition) is 4. The molecule has 1 aliphatic carbocycles. The van der Waals surface area contributed by atoms with Crippen LogP contribution in [0.2, 0.25) is 0 Å². The smallest absolute Gasteiger partial charge is 0.407 e. The van der Waals surface area contributed by atoms with Gasteiger partial charge in [-0.15, -0.1) is 12.4 Å². The fourth-order valence-electron chi connectivity index (χ4n) is 3.67. The summed E-state index contributed by atoms with van der Waals surface area (Å²) in [7, 11) is 0. The quantitative estimate of drug-likeness (QED) is 0.728. The Bertz CT molecular complexity index is 384. The SMILES string of the molecule is CC(C)C1NCC12C[C@@H](O)[C@H](NC(=O)OC(C)(C)C)C2.Cl. The maximum atomic E-state index is 11.8. The zero-order valence-corrected chi connectivity index (χ0v) is 14.4. The largest absolute Gasteiger partial charge is 0.444 e. The van der Waals surface area contributed by atoms with E-state index in [1.54, 1.807) is 0 Å². The van der Waals surface area contributed by atoms with Crippen molar-refractivity contribution in [2.24, 2.45) is 11.3 Å². The molecular weight excluding hydrogens is 292 g/mol. The number of rotatable bonds is 2. The molecule has 0 aromatic rings. The molecule has 1 saturated carbocycles. The van der Waals surface area contributed by atoms with Crippen molar-refractivity contribution in [1.29, 1.82) is 0 Å². The van der Waals surface area contributed by atoms with E-state index in [1.165, 1.54) is 0 Å². The van der Waals surface area contributed by atoms with Gasteiger partial charge in [-0.3, -0.25) is 0 Å². The van der Waals surface area contributed by atoms with Crippen LogP contribution in [0.1, 0.15) is 47.5 Å². The topological polar surface area (TPSA) is 70.6 Å². The Kier molecular flexibility index (Phi) is 5.56. The van der Waals surface area contributed by atoms with Crippen LogP contribution in [0, 0.1) is 11.3 Å². The monoisotopic (exact) mass is 320 g/mol. The molecule has 5 nitrogen and oxygen atoms in total. The van der Waals surface area contributed by atoms with Crippen molar-refractivity contribution in [2.75, 3.05) is 6.54 Å². The van der Waals surface area contributed by atoms with Crippen molar-refractivity contribution in [3.63, 3.8) is 0 Å². The Hall–Kier alpha value is -0.520. The van der Waals surface area contributed by atoms with Crippen LogP contribution < -0.4 is 10.6 Å². The number of aliphatic hydroxyl groups excluding tert-OH is 1. The van der Waals surface area contributed by atoms with Crippen molar-refractivity contribution in [3.05, 3.63) is 0 Å². The maximum Gasteiger partial charge on any atom is 0.407 e. The number of ether oxygens (including phenoxy) is 1. The summed E-state index contributed by atoms with van der Waals surface area (Å²) >= 11 is 0. The predicted octanol–water partition coefficient (Wildman–Crippen LogP) is 2.07. The van der Waals surface area contributed by atoms with E-state index >= 15 is 0 Å². The summed E-state index contributed by atoms with van der Waals surface area (Å²) in [5.74, 6) is 0.538. The molecule has 1 spiro atoms. The van der Waals surface area contributed by atoms with Crippen molar-refractivity contribution >= 4 is 18.5 Å². The van der Waals surface area contributed by atoms with Gasteiger partial charge in [0.1, 0.15) is 5.60 Å². The van der Waals surface area contributed by atoms with E-state index in [0.29, 0.717) is 12.0 Å². The molecule has 1 heterocycles. The molecular formula is C15H29ClN2O3. The lowest BCUT2D eigenvalue weighted by atomic mass is 9.67. The normalized spacial score (nSPS) is 35.3. The molecule has 0 radical (unpaired) electrons. The van der Waals surface area contributed by atoms with Gasteiger partial charge in [-0.1, -0.05) is 13.8 Å². The third kappa shape index (κ3) is 4.02. The van der Waals surface area contributed by atoms with E-state index in [1.807, 2.05) is 20.8 Å². The molecule has 2 rings (SSSR count). The van der Waals surface area contributed by atoms with Crippen molar-refractivity contribution in [3.8, 4) is 0 Å². The van der Waals surface area contributed by atoms with E-state index in [0.717, 1.165) is 19.4 Å². The van der Waals surface area contributed by atoms with Gasteiger partial charge in [0.05, 0.1) is 12.1 Å². The van der Waals surface area contributed by atoms with E-state index in [4.69, 9.17) is 4.74 Å². The number of hydrogen-bond donors (Lipinski definition) is 3. The molecule has 0 aromatic heterocycles. The highest BCUT2D eigenvalue weighted by atomic mass is 35.5. The lowest BCUT2D eigenvalue weighted by Gasteiger charge is -2.51. The van der Waals surface area contributed by atoms with Crippen LogP contribution in [-0.4, -0.2) is 41.5 Å². The minimum atomic E-state index is -0.510. The Labute approximate surface area is 133 Å². The molecule has 2 fully saturated rings. The molecule has 1 aliphatic heterocycles. The average Bonchev–Trinajstić information content (AvgIpc) is 2.53. The second-order valence-corrected chi connectivity index (χ2v) is 7.69. The lowest BCUT2D eigenvalue weighted by Crippen LogP contribution is -2.64. The van der Waals surface area contributed by atoms with Crippen LogP contribution in [0.4, 0.5) is 4.79 Å². The summed E-state index contributed by atoms with van der Waals surface area (Å²) in [6.07, 6.45) is 0.657. The Morgan fingerprint density at radius 2 is 2.00 bits per heavy atom. The van der Waals surface area contributed by atoms with Gasteiger partial charge >= 0.3 is 6.09 Å². The minimum Gasteiger partial charge on any atom is -0.444 e. The number of aliphatic hydroxyl groups is 1. The van der Waals surface area contributed by atoms with Gasteiger partial charge in [0.15, 0.2) is 0 Å². The molecule has 3 N–H and O–H groups in total. The second-order valence-electron chi connectivity index (χ2n) is 7.69. The molecule has 124 valence electrons. The Morgan fingerprint density at radius 1 is 1.38 bits per heavy atom. The van der Waals surface area contributed by atoms with Crippen LogP contribution in [0.5, 0.6) is 0 Å². The third-order valence-electron chi connectivity index (χ3n) is 4.41. The fourth-order valence-corrected chi connectivity index (χ4v) is 3.67. The van der Waals surface area contributed by atoms with E-state index in [-0.39, 0.29) is 23.9 Å². The molecule has 6 heteroatoms. The lowest BCUT2D eigenvalue weighted by molar-refractivity contribution is 0.0394. The van der Waals surface area contributed by atoms with Gasteiger partial charge in [-0.2, -0.15) is 0 Å². The van der Waals surface area contributed by atoms with Crippen LogP contribution in [0.25, 0.3) is 0 Å². The summed E-state index contributed by atoms with van der Waals surface area (Å²) in [5, 5.41) is 16.5. The number of alkyl carbamates (subject to hydrolysis) is 1. The summed E-state index contributed by atoms with van der Waals surface area (Å²) in [6.45, 7) is 10.8. The molecule has 21 heavy (non-hydrogen) atoms. The first kappa shape index (κ1) is 18.5. The number of halogens is 1. The van der Waals surface area contributed by atoms with Gasteiger partial charge in [0.25, 0.3) is 0 Å². The van der Waals surface area contributed by atoms with Crippen LogP contribution in [0.15, 0.2) is 0 Å². The summed E-state index contributed by atoms with van der Waals surface area (Å²) in [4.78, 5) is 11.8. The Balaban J connectivity index is 0.00000220. The molecule has 0 bridgehead atoms. The predicted molar refractivity (Wildman–Crippen MR) is 84.7 cm³/mol. The first-order valence-electron chi connectivity index (χ1n) is 7.54. The highest BCUT2D eigenvalue weighted by Gasteiger charge is 2.55. The van der Waals surface area contributed by atoms with Crippen LogP contribution >= 0.6 is 12.4 Å². The van der Waals surface area contributed by atoms with Crippen LogP contribution in [-0.2, 0) is 4.74 Å². The Morgan fingerprint density at radius 3 is 2.43 bits per heavy atom. The first-order chi connectivity index (χ1) is 9.13. The standard InChI is InChI=1S/C15H28N2O3.ClH/c1-9(2)12-15(8-16-12)6-10(11(18)7-15)17-13(19)20-14(3,4)5;/h9-12,16,18H,6-8H2,1-5H3,(H,17,19);1H/t10-,11-,12?,15?;/m1./s1. The summed E-state index contributed by atoms with van der Waals surface area (Å²) in [5.41, 5.74) is -0.378. The van der Waals surface area contributed by atoms with E-state index < -0.39 is 17.8 Å². The van der Waals surface area contributed by atoms with Gasteiger partial charge in [-0.25, -0.2) is 4.79 Å². The molecule has 4 atom stereocenters. The van der Waals surface area contributed by atoms with E-state index in [2.05, 4.69) is 24.5 Å². The molecule has 2 unspecified atom stereocenters. The summed E-state index contributed by atoms with van der Waals surface area (Å²) in [6, 6.07) is 0.232. The number of carbonyl (C=O) groups is 1. The van der Waals surface area contributed by atoms with E-state index in [9.17, 15) is 9.90 Å². The van der Waals surface area contributed by atoms with Gasteiger partial charge in [0, 0.05) is 18.0 Å². The number of nitrogens with one attached hydrogen (secondary N) is 2. The average molecular weight is 321 g/mol. The number of carbonyl (C=O) groups excluding carboxylic acids is 1. The first-order valence-corrected chi connectivity index (χ1v) is 7.54. The minimum absolute atomic E-state index is 0. The zero-order chi connectivity index (χ0) is 15.1. The van der Waals surface area contributed by atoms with Gasteiger partial charge in [0.2, 0.25) is 0 Å². The molecule has 2 aliphatic rings. The zero-order valence-electron chi connectivity index (χ0n) is 13.6. The van der Waals surface area contributed by atoms with Crippen molar-refractivity contribution < 1.29 is 14.6 Å². The second kappa shape index (κ2) is 6.31. The van der Waals surface area contributed by atoms with Gasteiger partial charge in [-0.05, 0) is 39.5 Å². The highest BCUT2D eigenvalue weighted by molar-refractivity contribution is 5.85. The summed E-state index contributed by atoms with van der Waals surface area (Å²) < 4.78 is 5.27. The molecule has 1 saturated heterocycles. The van der Waals surface area contributed by atoms with Crippen LogP contribution in [0.3, 0.4) is 0 Å². The third-order valence-corrected chi connectivity index (χ3v) is 4.41. The highest BCUT2D eigenvalue weighted by Crippen LogP contribution is 2.48. The van der Waals surface area contributed by atoms with Crippen molar-refractivity contribution in [2.45, 2.75) is 71.2 Å². The molecule has 1 amide bonds.